The lowest BCUT2D eigenvalue weighted by Gasteiger charge is -2.25. The van der Waals surface area contributed by atoms with Crippen molar-refractivity contribution >= 4 is 17.3 Å². The van der Waals surface area contributed by atoms with Gasteiger partial charge in [-0.3, -0.25) is 4.79 Å². The van der Waals surface area contributed by atoms with Crippen molar-refractivity contribution in [2.75, 3.05) is 23.7 Å². The Labute approximate surface area is 143 Å². The molecule has 0 radical (unpaired) electrons. The molecule has 2 aromatic carbocycles. The molecular weight excluding hydrogens is 298 g/mol. The van der Waals surface area contributed by atoms with Gasteiger partial charge in [-0.15, -0.1) is 0 Å². The zero-order valence-corrected chi connectivity index (χ0v) is 14.2. The molecule has 0 spiro atoms. The summed E-state index contributed by atoms with van der Waals surface area (Å²) >= 11 is 0. The summed E-state index contributed by atoms with van der Waals surface area (Å²) in [5.74, 6) is 0.0818. The van der Waals surface area contributed by atoms with E-state index in [4.69, 9.17) is 5.73 Å². The van der Waals surface area contributed by atoms with E-state index in [-0.39, 0.29) is 5.91 Å². The molecule has 3 N–H and O–H groups in total. The molecule has 126 valence electrons. The highest BCUT2D eigenvalue weighted by atomic mass is 16.1. The zero-order valence-electron chi connectivity index (χ0n) is 14.2. The molecule has 0 aliphatic carbocycles. The van der Waals surface area contributed by atoms with Gasteiger partial charge in [0.25, 0.3) is 0 Å². The molecule has 4 nitrogen and oxygen atoms in total. The molecule has 1 amide bonds. The molecule has 3 rings (SSSR count). The fourth-order valence-electron chi connectivity index (χ4n) is 3.38. The summed E-state index contributed by atoms with van der Waals surface area (Å²) in [6, 6.07) is 16.7. The van der Waals surface area contributed by atoms with Crippen molar-refractivity contribution in [2.45, 2.75) is 32.2 Å². The highest BCUT2D eigenvalue weighted by molar-refractivity contribution is 5.76. The number of benzene rings is 2. The number of fused-ring (bicyclic) bond motifs is 1. The number of para-hydroxylation sites is 2. The van der Waals surface area contributed by atoms with Gasteiger partial charge in [-0.1, -0.05) is 36.4 Å². The number of nitrogen functional groups attached to an aromatic ring is 1. The van der Waals surface area contributed by atoms with Gasteiger partial charge in [-0.25, -0.2) is 0 Å². The van der Waals surface area contributed by atoms with Crippen LogP contribution in [0.15, 0.2) is 48.5 Å². The Morgan fingerprint density at radius 2 is 1.96 bits per heavy atom. The smallest absolute Gasteiger partial charge is 0.220 e. The van der Waals surface area contributed by atoms with Crippen LogP contribution in [0, 0.1) is 0 Å². The summed E-state index contributed by atoms with van der Waals surface area (Å²) in [7, 11) is 0. The normalized spacial score (nSPS) is 16.0. The Bertz CT molecular complexity index is 714. The predicted octanol–water partition coefficient (Wildman–Crippen LogP) is 2.77. The van der Waals surface area contributed by atoms with Gasteiger partial charge >= 0.3 is 0 Å². The minimum atomic E-state index is 0.0818. The van der Waals surface area contributed by atoms with E-state index in [9.17, 15) is 4.79 Å². The van der Waals surface area contributed by atoms with Gasteiger partial charge < -0.3 is 16.0 Å². The molecule has 0 saturated heterocycles. The van der Waals surface area contributed by atoms with Crippen LogP contribution in [0.4, 0.5) is 11.4 Å². The molecule has 0 fully saturated rings. The third-order valence-corrected chi connectivity index (χ3v) is 4.70. The fraction of sp³-hybridized carbons (Fsp3) is 0.350. The van der Waals surface area contributed by atoms with Crippen LogP contribution < -0.4 is 16.0 Å². The van der Waals surface area contributed by atoms with Crippen LogP contribution in [-0.4, -0.2) is 25.0 Å². The van der Waals surface area contributed by atoms with Gasteiger partial charge in [0.15, 0.2) is 0 Å². The lowest BCUT2D eigenvalue weighted by Crippen LogP contribution is -2.37. The van der Waals surface area contributed by atoms with Crippen molar-refractivity contribution < 1.29 is 4.79 Å². The minimum absolute atomic E-state index is 0.0818. The van der Waals surface area contributed by atoms with E-state index in [0.29, 0.717) is 25.4 Å². The molecule has 1 heterocycles. The number of nitrogens with one attached hydrogen (secondary N) is 1. The number of hydrogen-bond donors (Lipinski definition) is 2. The van der Waals surface area contributed by atoms with E-state index in [2.05, 4.69) is 41.4 Å². The Hall–Kier alpha value is -2.49. The maximum atomic E-state index is 12.1. The van der Waals surface area contributed by atoms with Crippen LogP contribution in [-0.2, 0) is 17.6 Å². The van der Waals surface area contributed by atoms with E-state index in [1.807, 2.05) is 24.3 Å². The average molecular weight is 323 g/mol. The van der Waals surface area contributed by atoms with E-state index in [1.165, 1.54) is 11.3 Å². The van der Waals surface area contributed by atoms with Crippen LogP contribution in [0.25, 0.3) is 0 Å². The second-order valence-electron chi connectivity index (χ2n) is 6.42. The first-order valence-corrected chi connectivity index (χ1v) is 8.60. The summed E-state index contributed by atoms with van der Waals surface area (Å²) in [5.41, 5.74) is 10.4. The molecule has 2 aromatic rings. The van der Waals surface area contributed by atoms with Gasteiger partial charge in [0.1, 0.15) is 0 Å². The highest BCUT2D eigenvalue weighted by Crippen LogP contribution is 2.31. The average Bonchev–Trinajstić information content (AvgIpc) is 2.90. The second kappa shape index (κ2) is 7.39. The third-order valence-electron chi connectivity index (χ3n) is 4.70. The van der Waals surface area contributed by atoms with Gasteiger partial charge in [-0.05, 0) is 43.0 Å². The number of nitrogens with two attached hydrogens (primary N) is 1. The third kappa shape index (κ3) is 3.70. The number of carbonyl (C=O) groups excluding carboxylic acids is 1. The molecule has 0 saturated carbocycles. The lowest BCUT2D eigenvalue weighted by atomic mass is 10.1. The summed E-state index contributed by atoms with van der Waals surface area (Å²) in [6.07, 6.45) is 2.24. The van der Waals surface area contributed by atoms with Crippen molar-refractivity contribution in [2.24, 2.45) is 0 Å². The fourth-order valence-corrected chi connectivity index (χ4v) is 3.38. The van der Waals surface area contributed by atoms with Crippen molar-refractivity contribution in [1.29, 1.82) is 0 Å². The SMILES string of the molecule is CC1Cc2ccccc2N1CCNC(=O)CCc1ccccc1N. The number of nitrogens with zero attached hydrogens (tertiary/aromatic N) is 1. The molecule has 1 aliphatic rings. The van der Waals surface area contributed by atoms with Crippen molar-refractivity contribution in [1.82, 2.24) is 5.32 Å². The Morgan fingerprint density at radius 3 is 2.79 bits per heavy atom. The predicted molar refractivity (Wildman–Crippen MR) is 99.1 cm³/mol. The summed E-state index contributed by atoms with van der Waals surface area (Å²) in [5, 5.41) is 3.03. The number of amides is 1. The lowest BCUT2D eigenvalue weighted by molar-refractivity contribution is -0.120. The summed E-state index contributed by atoms with van der Waals surface area (Å²) in [4.78, 5) is 14.4. The quantitative estimate of drug-likeness (QED) is 0.804. The Morgan fingerprint density at radius 1 is 1.21 bits per heavy atom. The maximum absolute atomic E-state index is 12.1. The number of anilines is 2. The number of rotatable bonds is 6. The van der Waals surface area contributed by atoms with Crippen LogP contribution in [0.5, 0.6) is 0 Å². The number of aryl methyl sites for hydroxylation is 1. The van der Waals surface area contributed by atoms with Crippen LogP contribution in [0.3, 0.4) is 0 Å². The molecule has 24 heavy (non-hydrogen) atoms. The van der Waals surface area contributed by atoms with Gasteiger partial charge in [-0.2, -0.15) is 0 Å². The largest absolute Gasteiger partial charge is 0.399 e. The summed E-state index contributed by atoms with van der Waals surface area (Å²) in [6.45, 7) is 3.75. The molecule has 0 aromatic heterocycles. The number of hydrogen-bond acceptors (Lipinski definition) is 3. The Balaban J connectivity index is 1.45. The molecule has 0 bridgehead atoms. The molecule has 1 aliphatic heterocycles. The van der Waals surface area contributed by atoms with Crippen molar-refractivity contribution in [3.05, 3.63) is 59.7 Å². The van der Waals surface area contributed by atoms with E-state index in [1.54, 1.807) is 0 Å². The zero-order chi connectivity index (χ0) is 16.9. The minimum Gasteiger partial charge on any atom is -0.399 e. The molecular formula is C20H25N3O. The topological polar surface area (TPSA) is 58.4 Å². The number of carbonyl (C=O) groups is 1. The van der Waals surface area contributed by atoms with Crippen molar-refractivity contribution in [3.63, 3.8) is 0 Å². The molecule has 1 atom stereocenters. The second-order valence-corrected chi connectivity index (χ2v) is 6.42. The van der Waals surface area contributed by atoms with E-state index >= 15 is 0 Å². The first-order chi connectivity index (χ1) is 11.6. The Kier molecular flexibility index (Phi) is 5.04. The van der Waals surface area contributed by atoms with Crippen molar-refractivity contribution in [3.8, 4) is 0 Å². The summed E-state index contributed by atoms with van der Waals surface area (Å²) < 4.78 is 0. The first-order valence-electron chi connectivity index (χ1n) is 8.60. The van der Waals surface area contributed by atoms with Gasteiger partial charge in [0, 0.05) is 36.9 Å². The van der Waals surface area contributed by atoms with E-state index in [0.717, 1.165) is 24.2 Å². The van der Waals surface area contributed by atoms with Gasteiger partial charge in [0.2, 0.25) is 5.91 Å². The standard InChI is InChI=1S/C20H25N3O/c1-15-14-17-7-3-5-9-19(17)23(15)13-12-22-20(24)11-10-16-6-2-4-8-18(16)21/h2-9,15H,10-14,21H2,1H3,(H,22,24). The molecule has 4 heteroatoms. The molecule has 1 unspecified atom stereocenters. The highest BCUT2D eigenvalue weighted by Gasteiger charge is 2.24. The van der Waals surface area contributed by atoms with Gasteiger partial charge in [0.05, 0.1) is 0 Å². The van der Waals surface area contributed by atoms with Crippen LogP contribution >= 0.6 is 0 Å². The first kappa shape index (κ1) is 16.4. The maximum Gasteiger partial charge on any atom is 0.220 e. The monoisotopic (exact) mass is 323 g/mol. The van der Waals surface area contributed by atoms with Crippen LogP contribution in [0.2, 0.25) is 0 Å². The van der Waals surface area contributed by atoms with E-state index < -0.39 is 0 Å². The van der Waals surface area contributed by atoms with Crippen LogP contribution in [0.1, 0.15) is 24.5 Å².